The van der Waals surface area contributed by atoms with Crippen molar-refractivity contribution in [1.29, 1.82) is 0 Å². The van der Waals surface area contributed by atoms with Gasteiger partial charge in [0.05, 0.1) is 12.7 Å². The number of morpholine rings is 1. The fourth-order valence-electron chi connectivity index (χ4n) is 3.70. The van der Waals surface area contributed by atoms with Crippen LogP contribution < -0.4 is 4.74 Å². The SMILES string of the molecule is O=C(COc1ccc(Cl)cc1)N1CCOC(CN(CC2CC2)C(=O)c2ccc(F)cc2)C1. The van der Waals surface area contributed by atoms with Gasteiger partial charge in [0.1, 0.15) is 11.6 Å². The number of amides is 2. The maximum Gasteiger partial charge on any atom is 0.260 e. The Morgan fingerprint density at radius 2 is 1.81 bits per heavy atom. The minimum absolute atomic E-state index is 0.0748. The first-order valence-corrected chi connectivity index (χ1v) is 11.2. The third-order valence-corrected chi connectivity index (χ3v) is 5.90. The molecule has 2 fully saturated rings. The fourth-order valence-corrected chi connectivity index (χ4v) is 3.82. The van der Waals surface area contributed by atoms with Crippen LogP contribution in [0.1, 0.15) is 23.2 Å². The zero-order valence-corrected chi connectivity index (χ0v) is 18.5. The van der Waals surface area contributed by atoms with E-state index >= 15 is 0 Å². The number of ether oxygens (including phenoxy) is 2. The summed E-state index contributed by atoms with van der Waals surface area (Å²) < 4.78 is 24.7. The Labute approximate surface area is 191 Å². The first-order chi connectivity index (χ1) is 15.5. The van der Waals surface area contributed by atoms with E-state index in [2.05, 4.69) is 0 Å². The van der Waals surface area contributed by atoms with Gasteiger partial charge in [-0.15, -0.1) is 0 Å². The molecule has 2 amide bonds. The summed E-state index contributed by atoms with van der Waals surface area (Å²) in [5.41, 5.74) is 0.451. The highest BCUT2D eigenvalue weighted by Gasteiger charge is 2.31. The van der Waals surface area contributed by atoms with Crippen LogP contribution in [0.25, 0.3) is 0 Å². The highest BCUT2D eigenvalue weighted by molar-refractivity contribution is 6.30. The molecule has 1 aliphatic heterocycles. The van der Waals surface area contributed by atoms with Crippen LogP contribution >= 0.6 is 11.6 Å². The smallest absolute Gasteiger partial charge is 0.260 e. The van der Waals surface area contributed by atoms with E-state index in [4.69, 9.17) is 21.1 Å². The Kier molecular flexibility index (Phi) is 7.27. The summed E-state index contributed by atoms with van der Waals surface area (Å²) in [6.45, 7) is 2.22. The van der Waals surface area contributed by atoms with Crippen LogP contribution in [-0.2, 0) is 9.53 Å². The zero-order chi connectivity index (χ0) is 22.5. The molecule has 0 spiro atoms. The Morgan fingerprint density at radius 1 is 1.09 bits per heavy atom. The molecule has 0 bridgehead atoms. The van der Waals surface area contributed by atoms with E-state index in [-0.39, 0.29) is 30.3 Å². The first-order valence-electron chi connectivity index (χ1n) is 10.8. The van der Waals surface area contributed by atoms with Gasteiger partial charge in [-0.1, -0.05) is 11.6 Å². The molecule has 4 rings (SSSR count). The Morgan fingerprint density at radius 3 is 2.50 bits per heavy atom. The van der Waals surface area contributed by atoms with Crippen LogP contribution in [0, 0.1) is 11.7 Å². The van der Waals surface area contributed by atoms with Gasteiger partial charge in [0.2, 0.25) is 0 Å². The molecule has 1 atom stereocenters. The molecule has 0 aromatic heterocycles. The van der Waals surface area contributed by atoms with E-state index in [1.165, 1.54) is 24.3 Å². The number of carbonyl (C=O) groups is 2. The zero-order valence-electron chi connectivity index (χ0n) is 17.7. The van der Waals surface area contributed by atoms with E-state index in [1.807, 2.05) is 0 Å². The lowest BCUT2D eigenvalue weighted by Gasteiger charge is -2.36. The van der Waals surface area contributed by atoms with Crippen LogP contribution in [0.15, 0.2) is 48.5 Å². The molecule has 2 aromatic carbocycles. The van der Waals surface area contributed by atoms with Crippen LogP contribution in [0.2, 0.25) is 5.02 Å². The van der Waals surface area contributed by atoms with Crippen LogP contribution in [0.5, 0.6) is 5.75 Å². The van der Waals surface area contributed by atoms with Crippen LogP contribution in [0.4, 0.5) is 4.39 Å². The molecule has 170 valence electrons. The van der Waals surface area contributed by atoms with Crippen molar-refractivity contribution in [2.75, 3.05) is 39.4 Å². The minimum Gasteiger partial charge on any atom is -0.484 e. The van der Waals surface area contributed by atoms with Crippen molar-refractivity contribution in [3.63, 3.8) is 0 Å². The van der Waals surface area contributed by atoms with Crippen molar-refractivity contribution < 1.29 is 23.5 Å². The minimum atomic E-state index is -0.374. The quantitative estimate of drug-likeness (QED) is 0.603. The lowest BCUT2D eigenvalue weighted by atomic mass is 10.1. The van der Waals surface area contributed by atoms with Gasteiger partial charge >= 0.3 is 0 Å². The summed E-state index contributed by atoms with van der Waals surface area (Å²) in [5.74, 6) is 0.421. The highest BCUT2D eigenvalue weighted by atomic mass is 35.5. The van der Waals surface area contributed by atoms with Crippen molar-refractivity contribution in [3.05, 3.63) is 64.9 Å². The molecular weight excluding hydrogens is 435 g/mol. The monoisotopic (exact) mass is 460 g/mol. The first kappa shape index (κ1) is 22.6. The third-order valence-electron chi connectivity index (χ3n) is 5.65. The number of hydrogen-bond donors (Lipinski definition) is 0. The van der Waals surface area contributed by atoms with E-state index in [0.29, 0.717) is 55.0 Å². The number of rotatable bonds is 8. The van der Waals surface area contributed by atoms with E-state index < -0.39 is 0 Å². The molecule has 6 nitrogen and oxygen atoms in total. The average molecular weight is 461 g/mol. The van der Waals surface area contributed by atoms with Gasteiger partial charge < -0.3 is 19.3 Å². The van der Waals surface area contributed by atoms with Crippen LogP contribution in [0.3, 0.4) is 0 Å². The lowest BCUT2D eigenvalue weighted by Crippen LogP contribution is -2.51. The van der Waals surface area contributed by atoms with Crippen molar-refractivity contribution in [2.24, 2.45) is 5.92 Å². The van der Waals surface area contributed by atoms with Crippen LogP contribution in [-0.4, -0.2) is 67.1 Å². The normalized spacial score (nSPS) is 18.3. The van der Waals surface area contributed by atoms with Crippen molar-refractivity contribution in [2.45, 2.75) is 18.9 Å². The van der Waals surface area contributed by atoms with Gasteiger partial charge in [-0.05, 0) is 67.3 Å². The van der Waals surface area contributed by atoms with Gasteiger partial charge in [-0.3, -0.25) is 9.59 Å². The van der Waals surface area contributed by atoms with E-state index in [1.54, 1.807) is 34.1 Å². The number of nitrogens with zero attached hydrogens (tertiary/aromatic N) is 2. The number of halogens is 2. The second kappa shape index (κ2) is 10.3. The van der Waals surface area contributed by atoms with E-state index in [9.17, 15) is 14.0 Å². The fraction of sp³-hybridized carbons (Fsp3) is 0.417. The average Bonchev–Trinajstić information content (AvgIpc) is 3.62. The summed E-state index contributed by atoms with van der Waals surface area (Å²) in [5, 5.41) is 0.602. The Bertz CT molecular complexity index is 934. The molecule has 0 radical (unpaired) electrons. The van der Waals surface area contributed by atoms with Gasteiger partial charge in [0.15, 0.2) is 6.61 Å². The Hall–Kier alpha value is -2.64. The second-order valence-electron chi connectivity index (χ2n) is 8.24. The number of carbonyl (C=O) groups excluding carboxylic acids is 2. The molecule has 1 saturated carbocycles. The molecule has 1 saturated heterocycles. The summed E-state index contributed by atoms with van der Waals surface area (Å²) >= 11 is 5.87. The topological polar surface area (TPSA) is 59.1 Å². The summed E-state index contributed by atoms with van der Waals surface area (Å²) in [6, 6.07) is 12.4. The van der Waals surface area contributed by atoms with Gasteiger partial charge in [-0.2, -0.15) is 0 Å². The molecule has 1 heterocycles. The van der Waals surface area contributed by atoms with Gasteiger partial charge in [0, 0.05) is 36.8 Å². The second-order valence-corrected chi connectivity index (χ2v) is 8.67. The third kappa shape index (κ3) is 6.20. The van der Waals surface area contributed by atoms with E-state index in [0.717, 1.165) is 12.8 Å². The molecule has 2 aromatic rings. The Balaban J connectivity index is 1.34. The maximum atomic E-state index is 13.3. The number of hydrogen-bond acceptors (Lipinski definition) is 4. The van der Waals surface area contributed by atoms with Crippen molar-refractivity contribution >= 4 is 23.4 Å². The molecule has 1 aliphatic carbocycles. The summed E-state index contributed by atoms with van der Waals surface area (Å²) in [4.78, 5) is 29.2. The summed E-state index contributed by atoms with van der Waals surface area (Å²) in [7, 11) is 0. The molecular formula is C24H26ClFN2O4. The molecule has 1 unspecified atom stereocenters. The highest BCUT2D eigenvalue weighted by Crippen LogP contribution is 2.30. The standard InChI is InChI=1S/C24H26ClFN2O4/c25-19-5-9-21(10-6-19)32-16-23(29)27-11-12-31-22(14-27)15-28(13-17-1-2-17)24(30)18-3-7-20(26)8-4-18/h3-10,17,22H,1-2,11-16H2. The molecule has 2 aliphatic rings. The van der Waals surface area contributed by atoms with Crippen molar-refractivity contribution in [1.82, 2.24) is 9.80 Å². The molecule has 32 heavy (non-hydrogen) atoms. The molecule has 8 heteroatoms. The van der Waals surface area contributed by atoms with Gasteiger partial charge in [-0.25, -0.2) is 4.39 Å². The predicted molar refractivity (Wildman–Crippen MR) is 118 cm³/mol. The maximum absolute atomic E-state index is 13.3. The number of benzene rings is 2. The summed E-state index contributed by atoms with van der Waals surface area (Å²) in [6.07, 6.45) is 1.92. The molecule has 0 N–H and O–H groups in total. The largest absolute Gasteiger partial charge is 0.484 e. The lowest BCUT2D eigenvalue weighted by molar-refractivity contribution is -0.141. The van der Waals surface area contributed by atoms with Crippen molar-refractivity contribution in [3.8, 4) is 5.75 Å². The van der Waals surface area contributed by atoms with Gasteiger partial charge in [0.25, 0.3) is 11.8 Å². The predicted octanol–water partition coefficient (Wildman–Crippen LogP) is 3.64.